The molecule has 1 saturated heterocycles. The summed E-state index contributed by atoms with van der Waals surface area (Å²) in [5.41, 5.74) is -1.25. The van der Waals surface area contributed by atoms with Crippen molar-refractivity contribution >= 4 is 35.8 Å². The number of nitrogens with zero attached hydrogens (tertiary/aromatic N) is 2. The smallest absolute Gasteiger partial charge is 0.423 e. The van der Waals surface area contributed by atoms with Crippen molar-refractivity contribution in [3.63, 3.8) is 0 Å². The molecule has 0 saturated carbocycles. The van der Waals surface area contributed by atoms with Gasteiger partial charge in [0.1, 0.15) is 5.69 Å². The lowest BCUT2D eigenvalue weighted by atomic mass is 9.78. The van der Waals surface area contributed by atoms with E-state index in [0.717, 1.165) is 6.07 Å². The van der Waals surface area contributed by atoms with Crippen LogP contribution in [0.25, 0.3) is 0 Å². The van der Waals surface area contributed by atoms with Crippen LogP contribution in [0.5, 0.6) is 0 Å². The van der Waals surface area contributed by atoms with Gasteiger partial charge in [0.25, 0.3) is 5.69 Å². The number of carbonyl (C=O) groups is 2. The Hall–Kier alpha value is -2.26. The number of hydrogen-bond acceptors (Lipinski definition) is 6. The quantitative estimate of drug-likeness (QED) is 0.310. The van der Waals surface area contributed by atoms with Gasteiger partial charge in [-0.1, -0.05) is 12.1 Å². The van der Waals surface area contributed by atoms with Gasteiger partial charge in [-0.3, -0.25) is 19.7 Å². The highest BCUT2D eigenvalue weighted by molar-refractivity contribution is 6.60. The van der Waals surface area contributed by atoms with Crippen LogP contribution in [0.1, 0.15) is 12.8 Å². The van der Waals surface area contributed by atoms with E-state index in [0.29, 0.717) is 4.90 Å². The van der Waals surface area contributed by atoms with Gasteiger partial charge in [0, 0.05) is 12.8 Å². The monoisotopic (exact) mass is 264 g/mol. The third-order valence-electron chi connectivity index (χ3n) is 2.80. The van der Waals surface area contributed by atoms with Crippen LogP contribution in [-0.4, -0.2) is 33.9 Å². The largest absolute Gasteiger partial charge is 0.495 e. The van der Waals surface area contributed by atoms with E-state index in [2.05, 4.69) is 0 Å². The summed E-state index contributed by atoms with van der Waals surface area (Å²) in [7, 11) is -2.06. The summed E-state index contributed by atoms with van der Waals surface area (Å²) in [6.07, 6.45) is -0.0240. The second-order valence-corrected chi connectivity index (χ2v) is 3.97. The maximum atomic E-state index is 11.6. The molecule has 1 aromatic carbocycles. The number of benzene rings is 1. The van der Waals surface area contributed by atoms with Crippen LogP contribution >= 0.6 is 0 Å². The summed E-state index contributed by atoms with van der Waals surface area (Å²) in [6, 6.07) is 3.69. The summed E-state index contributed by atoms with van der Waals surface area (Å²) >= 11 is 0. The lowest BCUT2D eigenvalue weighted by molar-refractivity contribution is -0.382. The van der Waals surface area contributed by atoms with E-state index in [1.807, 2.05) is 0 Å². The lowest BCUT2D eigenvalue weighted by Crippen LogP contribution is -2.35. The van der Waals surface area contributed by atoms with E-state index in [1.165, 1.54) is 12.1 Å². The number of carbonyl (C=O) groups excluding carboxylic acids is 2. The minimum atomic E-state index is -2.06. The molecule has 0 unspecified atom stereocenters. The first kappa shape index (κ1) is 13.2. The highest BCUT2D eigenvalue weighted by Gasteiger charge is 2.37. The van der Waals surface area contributed by atoms with Crippen molar-refractivity contribution < 1.29 is 24.6 Å². The van der Waals surface area contributed by atoms with Gasteiger partial charge in [0.15, 0.2) is 0 Å². The van der Waals surface area contributed by atoms with E-state index in [1.54, 1.807) is 0 Å². The zero-order valence-electron chi connectivity index (χ0n) is 9.65. The normalized spacial score (nSPS) is 14.9. The molecule has 98 valence electrons. The predicted molar refractivity (Wildman–Crippen MR) is 64.6 cm³/mol. The van der Waals surface area contributed by atoms with Gasteiger partial charge in [0.2, 0.25) is 11.8 Å². The molecule has 2 N–H and O–H groups in total. The second-order valence-electron chi connectivity index (χ2n) is 3.97. The van der Waals surface area contributed by atoms with Crippen molar-refractivity contribution in [3.8, 4) is 0 Å². The average molecular weight is 264 g/mol. The van der Waals surface area contributed by atoms with E-state index < -0.39 is 29.5 Å². The third kappa shape index (κ3) is 2.20. The molecule has 1 fully saturated rings. The molecular weight excluding hydrogens is 255 g/mol. The molecule has 1 heterocycles. The molecule has 19 heavy (non-hydrogen) atoms. The Kier molecular flexibility index (Phi) is 3.32. The van der Waals surface area contributed by atoms with E-state index in [-0.39, 0.29) is 24.0 Å². The third-order valence-corrected chi connectivity index (χ3v) is 2.80. The molecule has 1 aromatic rings. The Balaban J connectivity index is 2.63. The molecule has 0 aliphatic carbocycles. The highest BCUT2D eigenvalue weighted by Crippen LogP contribution is 2.30. The summed E-state index contributed by atoms with van der Waals surface area (Å²) in [4.78, 5) is 34.1. The predicted octanol–water partition coefficient (Wildman–Crippen LogP) is -1.07. The van der Waals surface area contributed by atoms with E-state index in [9.17, 15) is 19.7 Å². The summed E-state index contributed by atoms with van der Waals surface area (Å²) < 4.78 is 0. The van der Waals surface area contributed by atoms with Crippen molar-refractivity contribution in [1.29, 1.82) is 0 Å². The molecular formula is C10H9BN2O6. The fraction of sp³-hybridized carbons (Fsp3) is 0.200. The van der Waals surface area contributed by atoms with Gasteiger partial charge in [-0.05, 0) is 6.07 Å². The van der Waals surface area contributed by atoms with Gasteiger partial charge in [0.05, 0.1) is 10.4 Å². The maximum absolute atomic E-state index is 11.6. The molecule has 0 atom stereocenters. The standard InChI is InChI=1S/C10H9BN2O6/c14-8-4-5-9(15)12(8)7-3-1-2-6(11(16)17)10(7)13(18)19/h1-3,16-17H,4-5H2. The Morgan fingerprint density at radius 1 is 1.21 bits per heavy atom. The van der Waals surface area contributed by atoms with Gasteiger partial charge < -0.3 is 10.0 Å². The van der Waals surface area contributed by atoms with Crippen molar-refractivity contribution in [2.75, 3.05) is 4.90 Å². The van der Waals surface area contributed by atoms with Gasteiger partial charge >= 0.3 is 7.12 Å². The molecule has 0 bridgehead atoms. The topological polar surface area (TPSA) is 121 Å². The summed E-state index contributed by atoms with van der Waals surface area (Å²) in [6.45, 7) is 0. The fourth-order valence-corrected chi connectivity index (χ4v) is 1.98. The molecule has 9 heteroatoms. The Bertz CT molecular complexity index is 557. The Labute approximate surface area is 107 Å². The number of para-hydroxylation sites is 1. The van der Waals surface area contributed by atoms with Crippen molar-refractivity contribution in [2.24, 2.45) is 0 Å². The summed E-state index contributed by atoms with van der Waals surface area (Å²) in [5, 5.41) is 29.3. The number of rotatable bonds is 3. The lowest BCUT2D eigenvalue weighted by Gasteiger charge is -2.15. The first-order valence-electron chi connectivity index (χ1n) is 5.42. The van der Waals surface area contributed by atoms with Crippen molar-refractivity contribution in [3.05, 3.63) is 28.3 Å². The van der Waals surface area contributed by atoms with Crippen LogP contribution in [0.3, 0.4) is 0 Å². The molecule has 2 rings (SSSR count). The van der Waals surface area contributed by atoms with Gasteiger partial charge in [-0.25, -0.2) is 4.90 Å². The van der Waals surface area contributed by atoms with Crippen LogP contribution in [0.15, 0.2) is 18.2 Å². The minimum absolute atomic E-state index is 0.0120. The van der Waals surface area contributed by atoms with Crippen LogP contribution in [0, 0.1) is 10.1 Å². The van der Waals surface area contributed by atoms with E-state index >= 15 is 0 Å². The molecule has 0 aromatic heterocycles. The number of nitro benzene ring substituents is 1. The Morgan fingerprint density at radius 2 is 1.79 bits per heavy atom. The van der Waals surface area contributed by atoms with Gasteiger partial charge in [-0.15, -0.1) is 0 Å². The first-order chi connectivity index (χ1) is 8.93. The minimum Gasteiger partial charge on any atom is -0.423 e. The van der Waals surface area contributed by atoms with Crippen LogP contribution in [0.2, 0.25) is 0 Å². The van der Waals surface area contributed by atoms with E-state index in [4.69, 9.17) is 10.0 Å². The molecule has 2 amide bonds. The SMILES string of the molecule is O=C1CCC(=O)N1c1cccc(B(O)O)c1[N+](=O)[O-]. The fourth-order valence-electron chi connectivity index (χ4n) is 1.98. The molecule has 1 aliphatic heterocycles. The molecule has 1 aliphatic rings. The van der Waals surface area contributed by atoms with Crippen LogP contribution in [0.4, 0.5) is 11.4 Å². The molecule has 8 nitrogen and oxygen atoms in total. The van der Waals surface area contributed by atoms with Crippen molar-refractivity contribution in [1.82, 2.24) is 0 Å². The van der Waals surface area contributed by atoms with Crippen molar-refractivity contribution in [2.45, 2.75) is 12.8 Å². The molecule has 0 spiro atoms. The number of nitro groups is 1. The second kappa shape index (κ2) is 4.79. The zero-order valence-corrected chi connectivity index (χ0v) is 9.65. The maximum Gasteiger partial charge on any atom is 0.495 e. The summed E-state index contributed by atoms with van der Waals surface area (Å²) in [5.74, 6) is -1.09. The average Bonchev–Trinajstić information content (AvgIpc) is 2.67. The van der Waals surface area contributed by atoms with Gasteiger partial charge in [-0.2, -0.15) is 0 Å². The van der Waals surface area contributed by atoms with Crippen LogP contribution < -0.4 is 10.4 Å². The number of anilines is 1. The highest BCUT2D eigenvalue weighted by atomic mass is 16.6. The Morgan fingerprint density at radius 3 is 2.26 bits per heavy atom. The van der Waals surface area contributed by atoms with Crippen LogP contribution in [-0.2, 0) is 9.59 Å². The number of amides is 2. The number of hydrogen-bond donors (Lipinski definition) is 2. The molecule has 0 radical (unpaired) electrons. The number of imide groups is 1. The first-order valence-corrected chi connectivity index (χ1v) is 5.42. The zero-order chi connectivity index (χ0) is 14.2.